The first kappa shape index (κ1) is 15.7. The molecule has 0 aromatic heterocycles. The summed E-state index contributed by atoms with van der Waals surface area (Å²) in [5, 5.41) is 8.94. The van der Waals surface area contributed by atoms with Gasteiger partial charge in [0.1, 0.15) is 5.54 Å². The molecule has 0 saturated carbocycles. The van der Waals surface area contributed by atoms with Crippen molar-refractivity contribution >= 4 is 16.0 Å². The molecule has 0 atom stereocenters. The Labute approximate surface area is 113 Å². The molecule has 0 aliphatic heterocycles. The molecular weight excluding hydrogens is 266 g/mol. The third-order valence-corrected chi connectivity index (χ3v) is 4.37. The number of hydrogen-bond acceptors (Lipinski definition) is 3. The molecule has 1 aromatic rings. The summed E-state index contributed by atoms with van der Waals surface area (Å²) in [4.78, 5) is 11.0. The molecule has 0 fully saturated rings. The largest absolute Gasteiger partial charge is 0.480 e. The van der Waals surface area contributed by atoms with Gasteiger partial charge in [-0.2, -0.15) is 4.72 Å². The van der Waals surface area contributed by atoms with Gasteiger partial charge < -0.3 is 5.11 Å². The Bertz CT molecular complexity index is 547. The molecule has 0 saturated heterocycles. The van der Waals surface area contributed by atoms with Gasteiger partial charge in [-0.05, 0) is 38.0 Å². The molecule has 1 aromatic carbocycles. The van der Waals surface area contributed by atoms with Crippen LogP contribution in [-0.4, -0.2) is 25.0 Å². The highest BCUT2D eigenvalue weighted by atomic mass is 32.2. The molecule has 0 spiro atoms. The van der Waals surface area contributed by atoms with E-state index in [2.05, 4.69) is 4.72 Å². The maximum atomic E-state index is 12.0. The number of carboxylic acids is 1. The van der Waals surface area contributed by atoms with Crippen molar-refractivity contribution in [1.29, 1.82) is 0 Å². The average Bonchev–Trinajstić information content (AvgIpc) is 2.28. The number of sulfonamides is 1. The van der Waals surface area contributed by atoms with Crippen molar-refractivity contribution in [2.24, 2.45) is 0 Å². The SMILES string of the molecule is CCCc1ccc(S(=O)(=O)NC(C)(C)C(=O)O)cc1. The minimum Gasteiger partial charge on any atom is -0.480 e. The van der Waals surface area contributed by atoms with Crippen LogP contribution in [0, 0.1) is 0 Å². The maximum absolute atomic E-state index is 12.0. The van der Waals surface area contributed by atoms with Gasteiger partial charge in [0.15, 0.2) is 0 Å². The Kier molecular flexibility index (Phi) is 4.70. The first-order valence-electron chi connectivity index (χ1n) is 6.05. The predicted molar refractivity (Wildman–Crippen MR) is 72.5 cm³/mol. The molecule has 0 bridgehead atoms. The molecule has 0 radical (unpaired) electrons. The van der Waals surface area contributed by atoms with E-state index in [1.54, 1.807) is 12.1 Å². The van der Waals surface area contributed by atoms with E-state index >= 15 is 0 Å². The van der Waals surface area contributed by atoms with Crippen LogP contribution in [0.5, 0.6) is 0 Å². The van der Waals surface area contributed by atoms with Crippen LogP contribution >= 0.6 is 0 Å². The molecule has 0 unspecified atom stereocenters. The van der Waals surface area contributed by atoms with Gasteiger partial charge in [-0.1, -0.05) is 25.5 Å². The predicted octanol–water partition coefficient (Wildman–Crippen LogP) is 1.78. The molecule has 2 N–H and O–H groups in total. The molecule has 106 valence electrons. The number of benzene rings is 1. The zero-order chi connectivity index (χ0) is 14.7. The van der Waals surface area contributed by atoms with Crippen molar-refractivity contribution in [1.82, 2.24) is 4.72 Å². The van der Waals surface area contributed by atoms with Gasteiger partial charge in [0.05, 0.1) is 4.90 Å². The number of rotatable bonds is 6. The first-order valence-corrected chi connectivity index (χ1v) is 7.53. The quantitative estimate of drug-likeness (QED) is 0.834. The van der Waals surface area contributed by atoms with E-state index in [0.29, 0.717) is 0 Å². The van der Waals surface area contributed by atoms with E-state index < -0.39 is 21.5 Å². The zero-order valence-corrected chi connectivity index (χ0v) is 12.1. The van der Waals surface area contributed by atoms with Crippen LogP contribution in [0.1, 0.15) is 32.8 Å². The zero-order valence-electron chi connectivity index (χ0n) is 11.3. The summed E-state index contributed by atoms with van der Waals surface area (Å²) in [5.41, 5.74) is -0.486. The Balaban J connectivity index is 2.98. The molecule has 1 rings (SSSR count). The molecule has 0 aliphatic carbocycles. The topological polar surface area (TPSA) is 83.5 Å². The minimum absolute atomic E-state index is 0.0710. The first-order chi connectivity index (χ1) is 8.69. The second kappa shape index (κ2) is 5.71. The van der Waals surface area contributed by atoms with Crippen LogP contribution in [0.4, 0.5) is 0 Å². The highest BCUT2D eigenvalue weighted by molar-refractivity contribution is 7.89. The lowest BCUT2D eigenvalue weighted by atomic mass is 10.1. The monoisotopic (exact) mass is 285 g/mol. The second-order valence-electron chi connectivity index (χ2n) is 4.93. The average molecular weight is 285 g/mol. The van der Waals surface area contributed by atoms with Gasteiger partial charge in [-0.3, -0.25) is 4.79 Å². The molecular formula is C13H19NO4S. The fourth-order valence-corrected chi connectivity index (χ4v) is 2.93. The second-order valence-corrected chi connectivity index (χ2v) is 6.61. The van der Waals surface area contributed by atoms with Crippen molar-refractivity contribution in [2.45, 2.75) is 44.0 Å². The van der Waals surface area contributed by atoms with Crippen LogP contribution in [0.3, 0.4) is 0 Å². The molecule has 0 heterocycles. The summed E-state index contributed by atoms with van der Waals surface area (Å²) in [6.07, 6.45) is 1.87. The van der Waals surface area contributed by atoms with E-state index in [1.807, 2.05) is 6.92 Å². The van der Waals surface area contributed by atoms with Crippen LogP contribution in [0.25, 0.3) is 0 Å². The molecule has 0 amide bonds. The number of aliphatic carboxylic acids is 1. The van der Waals surface area contributed by atoms with Crippen molar-refractivity contribution in [3.8, 4) is 0 Å². The summed E-state index contributed by atoms with van der Waals surface area (Å²) in [6.45, 7) is 4.65. The standard InChI is InChI=1S/C13H19NO4S/c1-4-5-10-6-8-11(9-7-10)19(17,18)14-13(2,3)12(15)16/h6-9,14H,4-5H2,1-3H3,(H,15,16). The Morgan fingerprint density at radius 1 is 1.26 bits per heavy atom. The van der Waals surface area contributed by atoms with E-state index in [4.69, 9.17) is 5.11 Å². The molecule has 6 heteroatoms. The summed E-state index contributed by atoms with van der Waals surface area (Å²) >= 11 is 0. The lowest BCUT2D eigenvalue weighted by Crippen LogP contribution is -2.49. The minimum atomic E-state index is -3.83. The van der Waals surface area contributed by atoms with E-state index in [1.165, 1.54) is 26.0 Å². The number of carboxylic acid groups (broad SMARTS) is 1. The Morgan fingerprint density at radius 3 is 2.21 bits per heavy atom. The number of hydrogen-bond donors (Lipinski definition) is 2. The van der Waals surface area contributed by atoms with E-state index in [-0.39, 0.29) is 4.90 Å². The summed E-state index contributed by atoms with van der Waals surface area (Å²) in [6, 6.07) is 6.47. The summed E-state index contributed by atoms with van der Waals surface area (Å²) in [5.74, 6) is -1.22. The van der Waals surface area contributed by atoms with Crippen LogP contribution in [-0.2, 0) is 21.2 Å². The maximum Gasteiger partial charge on any atom is 0.324 e. The third kappa shape index (κ3) is 4.04. The Morgan fingerprint density at radius 2 is 1.79 bits per heavy atom. The van der Waals surface area contributed by atoms with Crippen molar-refractivity contribution < 1.29 is 18.3 Å². The lowest BCUT2D eigenvalue weighted by molar-refractivity contribution is -0.142. The number of carbonyl (C=O) groups is 1. The van der Waals surface area contributed by atoms with Gasteiger partial charge in [0.2, 0.25) is 10.0 Å². The van der Waals surface area contributed by atoms with Crippen LogP contribution in [0.2, 0.25) is 0 Å². The lowest BCUT2D eigenvalue weighted by Gasteiger charge is -2.20. The van der Waals surface area contributed by atoms with Gasteiger partial charge in [0, 0.05) is 0 Å². The number of nitrogens with one attached hydrogen (secondary N) is 1. The van der Waals surface area contributed by atoms with Crippen molar-refractivity contribution in [2.75, 3.05) is 0 Å². The van der Waals surface area contributed by atoms with Gasteiger partial charge in [0.25, 0.3) is 0 Å². The van der Waals surface area contributed by atoms with Crippen LogP contribution in [0.15, 0.2) is 29.2 Å². The van der Waals surface area contributed by atoms with Crippen LogP contribution < -0.4 is 4.72 Å². The number of aryl methyl sites for hydroxylation is 1. The Hall–Kier alpha value is -1.40. The normalized spacial score (nSPS) is 12.4. The summed E-state index contributed by atoms with van der Waals surface area (Å²) in [7, 11) is -3.83. The fourth-order valence-electron chi connectivity index (χ4n) is 1.56. The third-order valence-electron chi connectivity index (χ3n) is 2.70. The van der Waals surface area contributed by atoms with Gasteiger partial charge in [-0.15, -0.1) is 0 Å². The van der Waals surface area contributed by atoms with E-state index in [0.717, 1.165) is 18.4 Å². The smallest absolute Gasteiger partial charge is 0.324 e. The van der Waals surface area contributed by atoms with Crippen molar-refractivity contribution in [3.63, 3.8) is 0 Å². The molecule has 19 heavy (non-hydrogen) atoms. The fraction of sp³-hybridized carbons (Fsp3) is 0.462. The van der Waals surface area contributed by atoms with Gasteiger partial charge >= 0.3 is 5.97 Å². The van der Waals surface area contributed by atoms with E-state index in [9.17, 15) is 13.2 Å². The molecule has 0 aliphatic rings. The molecule has 5 nitrogen and oxygen atoms in total. The highest BCUT2D eigenvalue weighted by Gasteiger charge is 2.32. The summed E-state index contributed by atoms with van der Waals surface area (Å²) < 4.78 is 26.3. The van der Waals surface area contributed by atoms with Crippen molar-refractivity contribution in [3.05, 3.63) is 29.8 Å². The highest BCUT2D eigenvalue weighted by Crippen LogP contribution is 2.15. The van der Waals surface area contributed by atoms with Gasteiger partial charge in [-0.25, -0.2) is 8.42 Å².